The van der Waals surface area contributed by atoms with E-state index in [1.54, 1.807) is 12.1 Å². The molecule has 0 aliphatic rings. The maximum Gasteiger partial charge on any atom is 0.269 e. The van der Waals surface area contributed by atoms with Crippen molar-refractivity contribution < 1.29 is 4.92 Å². The van der Waals surface area contributed by atoms with E-state index in [1.165, 1.54) is 44.3 Å². The molecule has 0 N–H and O–H groups in total. The summed E-state index contributed by atoms with van der Waals surface area (Å²) in [7, 11) is 0. The molecule has 0 fully saturated rings. The number of rotatable bonds is 11. The Labute approximate surface area is 134 Å². The number of nitro benzene ring substituents is 1. The molecule has 0 heterocycles. The summed E-state index contributed by atoms with van der Waals surface area (Å²) in [6.45, 7) is 9.19. The van der Waals surface area contributed by atoms with Crippen LogP contribution < -0.4 is 0 Å². The second-order valence-corrected chi connectivity index (χ2v) is 6.05. The van der Waals surface area contributed by atoms with E-state index in [0.717, 1.165) is 12.8 Å². The summed E-state index contributed by atoms with van der Waals surface area (Å²) in [4.78, 5) is 12.9. The molecule has 0 radical (unpaired) electrons. The molecule has 0 aromatic heterocycles. The molecule has 1 atom stereocenters. The van der Waals surface area contributed by atoms with Gasteiger partial charge in [0.25, 0.3) is 5.69 Å². The smallest absolute Gasteiger partial charge is 0.269 e. The van der Waals surface area contributed by atoms with Gasteiger partial charge < -0.3 is 4.90 Å². The summed E-state index contributed by atoms with van der Waals surface area (Å²) in [6.07, 6.45) is 7.02. The second-order valence-electron chi connectivity index (χ2n) is 6.05. The van der Waals surface area contributed by atoms with Crippen molar-refractivity contribution in [2.75, 3.05) is 13.1 Å². The molecule has 0 spiro atoms. The minimum Gasteiger partial charge on any atom is -0.301 e. The first-order chi connectivity index (χ1) is 10.6. The lowest BCUT2D eigenvalue weighted by Crippen LogP contribution is -2.34. The zero-order valence-corrected chi connectivity index (χ0v) is 14.3. The van der Waals surface area contributed by atoms with Gasteiger partial charge in [0, 0.05) is 18.2 Å². The summed E-state index contributed by atoms with van der Waals surface area (Å²) in [5.74, 6) is 0. The molecule has 124 valence electrons. The van der Waals surface area contributed by atoms with Gasteiger partial charge in [-0.3, -0.25) is 10.1 Å². The van der Waals surface area contributed by atoms with Gasteiger partial charge in [-0.1, -0.05) is 32.4 Å². The van der Waals surface area contributed by atoms with Gasteiger partial charge in [-0.05, 0) is 57.7 Å². The van der Waals surface area contributed by atoms with Gasteiger partial charge >= 0.3 is 0 Å². The number of aryl methyl sites for hydroxylation is 1. The summed E-state index contributed by atoms with van der Waals surface area (Å²) in [6, 6.07) is 7.60. The number of hydrogen-bond donors (Lipinski definition) is 0. The Morgan fingerprint density at radius 1 is 1.09 bits per heavy atom. The van der Waals surface area contributed by atoms with Crippen LogP contribution in [0.1, 0.15) is 58.4 Å². The SMILES string of the molecule is CCCN(CCC)C(C)CCCCc1ccc([N+](=O)[O-])cc1. The highest BCUT2D eigenvalue weighted by Crippen LogP contribution is 2.15. The molecule has 0 saturated heterocycles. The molecule has 0 saturated carbocycles. The Morgan fingerprint density at radius 2 is 1.68 bits per heavy atom. The number of nitro groups is 1. The Hall–Kier alpha value is -1.42. The van der Waals surface area contributed by atoms with E-state index < -0.39 is 0 Å². The summed E-state index contributed by atoms with van der Waals surface area (Å²) < 4.78 is 0. The molecule has 0 bridgehead atoms. The van der Waals surface area contributed by atoms with Crippen LogP contribution in [0, 0.1) is 10.1 Å². The lowest BCUT2D eigenvalue weighted by atomic mass is 10.0. The van der Waals surface area contributed by atoms with Crippen LogP contribution in [0.5, 0.6) is 0 Å². The fourth-order valence-electron chi connectivity index (χ4n) is 2.86. The minimum atomic E-state index is -0.346. The van der Waals surface area contributed by atoms with Crippen molar-refractivity contribution in [1.82, 2.24) is 4.90 Å². The first-order valence-corrected chi connectivity index (χ1v) is 8.55. The van der Waals surface area contributed by atoms with E-state index in [1.807, 2.05) is 12.1 Å². The lowest BCUT2D eigenvalue weighted by molar-refractivity contribution is -0.384. The second kappa shape index (κ2) is 10.3. The van der Waals surface area contributed by atoms with Gasteiger partial charge in [-0.15, -0.1) is 0 Å². The predicted octanol–water partition coefficient (Wildman–Crippen LogP) is 4.82. The van der Waals surface area contributed by atoms with Gasteiger partial charge in [-0.25, -0.2) is 0 Å². The number of benzene rings is 1. The highest BCUT2D eigenvalue weighted by Gasteiger charge is 2.11. The standard InChI is InChI=1S/C18H30N2O2/c1-4-14-19(15-5-2)16(3)8-6-7-9-17-10-12-18(13-11-17)20(21)22/h10-13,16H,4-9,14-15H2,1-3H3. The third-order valence-electron chi connectivity index (χ3n) is 4.13. The van der Waals surface area contributed by atoms with Gasteiger partial charge in [0.15, 0.2) is 0 Å². The van der Waals surface area contributed by atoms with Crippen LogP contribution in [0.3, 0.4) is 0 Å². The van der Waals surface area contributed by atoms with Crippen LogP contribution >= 0.6 is 0 Å². The van der Waals surface area contributed by atoms with Crippen molar-refractivity contribution in [3.63, 3.8) is 0 Å². The lowest BCUT2D eigenvalue weighted by Gasteiger charge is -2.28. The topological polar surface area (TPSA) is 46.4 Å². The molecule has 22 heavy (non-hydrogen) atoms. The molecular formula is C18H30N2O2. The monoisotopic (exact) mass is 306 g/mol. The molecule has 1 unspecified atom stereocenters. The summed E-state index contributed by atoms with van der Waals surface area (Å²) in [5, 5.41) is 10.6. The molecule has 1 aromatic carbocycles. The zero-order valence-electron chi connectivity index (χ0n) is 14.3. The van der Waals surface area contributed by atoms with Crippen molar-refractivity contribution in [1.29, 1.82) is 0 Å². The van der Waals surface area contributed by atoms with E-state index >= 15 is 0 Å². The number of hydrogen-bond acceptors (Lipinski definition) is 3. The quantitative estimate of drug-likeness (QED) is 0.334. The van der Waals surface area contributed by atoms with E-state index in [2.05, 4.69) is 25.7 Å². The maximum atomic E-state index is 10.6. The molecular weight excluding hydrogens is 276 g/mol. The summed E-state index contributed by atoms with van der Waals surface area (Å²) >= 11 is 0. The van der Waals surface area contributed by atoms with Crippen molar-refractivity contribution in [3.05, 3.63) is 39.9 Å². The molecule has 1 rings (SSSR count). The highest BCUT2D eigenvalue weighted by molar-refractivity contribution is 5.32. The van der Waals surface area contributed by atoms with Crippen LogP contribution in [-0.2, 0) is 6.42 Å². The molecule has 1 aromatic rings. The van der Waals surface area contributed by atoms with E-state index in [9.17, 15) is 10.1 Å². The molecule has 4 nitrogen and oxygen atoms in total. The first-order valence-electron chi connectivity index (χ1n) is 8.55. The molecule has 0 aliphatic heterocycles. The van der Waals surface area contributed by atoms with Crippen molar-refractivity contribution in [2.45, 2.75) is 65.3 Å². The Morgan fingerprint density at radius 3 is 2.18 bits per heavy atom. The largest absolute Gasteiger partial charge is 0.301 e. The van der Waals surface area contributed by atoms with Gasteiger partial charge in [-0.2, -0.15) is 0 Å². The summed E-state index contributed by atoms with van der Waals surface area (Å²) in [5.41, 5.74) is 1.37. The minimum absolute atomic E-state index is 0.173. The highest BCUT2D eigenvalue weighted by atomic mass is 16.6. The van der Waals surface area contributed by atoms with E-state index in [4.69, 9.17) is 0 Å². The van der Waals surface area contributed by atoms with Crippen molar-refractivity contribution in [3.8, 4) is 0 Å². The third kappa shape index (κ3) is 6.56. The normalized spacial score (nSPS) is 12.5. The van der Waals surface area contributed by atoms with E-state index in [0.29, 0.717) is 6.04 Å². The van der Waals surface area contributed by atoms with Crippen LogP contribution in [0.15, 0.2) is 24.3 Å². The van der Waals surface area contributed by atoms with Gasteiger partial charge in [0.05, 0.1) is 4.92 Å². The number of nitrogens with zero attached hydrogens (tertiary/aromatic N) is 2. The average molecular weight is 306 g/mol. The van der Waals surface area contributed by atoms with Gasteiger partial charge in [0.2, 0.25) is 0 Å². The van der Waals surface area contributed by atoms with Gasteiger partial charge in [0.1, 0.15) is 0 Å². The number of unbranched alkanes of at least 4 members (excludes halogenated alkanes) is 1. The van der Waals surface area contributed by atoms with Crippen LogP contribution in [-0.4, -0.2) is 29.0 Å². The zero-order chi connectivity index (χ0) is 16.4. The van der Waals surface area contributed by atoms with Crippen LogP contribution in [0.2, 0.25) is 0 Å². The molecule has 0 aliphatic carbocycles. The Kier molecular flexibility index (Phi) is 8.75. The number of non-ortho nitro benzene ring substituents is 1. The molecule has 0 amide bonds. The average Bonchev–Trinajstić information content (AvgIpc) is 2.51. The Bertz CT molecular complexity index is 425. The van der Waals surface area contributed by atoms with Crippen LogP contribution in [0.25, 0.3) is 0 Å². The van der Waals surface area contributed by atoms with E-state index in [-0.39, 0.29) is 10.6 Å². The first kappa shape index (κ1) is 18.6. The van der Waals surface area contributed by atoms with Crippen molar-refractivity contribution >= 4 is 5.69 Å². The third-order valence-corrected chi connectivity index (χ3v) is 4.13. The molecule has 4 heteroatoms. The fourth-order valence-corrected chi connectivity index (χ4v) is 2.86. The maximum absolute atomic E-state index is 10.6. The van der Waals surface area contributed by atoms with Crippen molar-refractivity contribution in [2.24, 2.45) is 0 Å². The predicted molar refractivity (Wildman–Crippen MR) is 92.3 cm³/mol. The Balaban J connectivity index is 2.30. The fraction of sp³-hybridized carbons (Fsp3) is 0.667. The van der Waals surface area contributed by atoms with Crippen LogP contribution in [0.4, 0.5) is 5.69 Å².